The molecule has 0 spiro atoms. The topological polar surface area (TPSA) is 75.7 Å². The maximum Gasteiger partial charge on any atom is 0.392 e. The maximum absolute atomic E-state index is 14.5. The van der Waals surface area contributed by atoms with E-state index < -0.39 is 82.3 Å². The highest BCUT2D eigenvalue weighted by Gasteiger charge is 2.53. The number of amides is 1. The molecule has 0 radical (unpaired) electrons. The Bertz CT molecular complexity index is 874. The SMILES string of the molecule is O=C(NC1CCC2OCCN(S(=O)(=O)C3CCC(F)C(F)C3)C2C1)C1C(F)CCCC1C(F)(F)F. The molecular weight excluding hydrogens is 502 g/mol. The summed E-state index contributed by atoms with van der Waals surface area (Å²) in [6, 6.07) is -1.35. The number of morpholine rings is 1. The third-order valence-electron chi connectivity index (χ3n) is 8.05. The summed E-state index contributed by atoms with van der Waals surface area (Å²) in [5.74, 6) is -4.89. The highest BCUT2D eigenvalue weighted by molar-refractivity contribution is 7.89. The molecule has 4 fully saturated rings. The minimum atomic E-state index is -4.70. The van der Waals surface area contributed by atoms with Crippen LogP contribution in [0.25, 0.3) is 0 Å². The average Bonchev–Trinajstić information content (AvgIpc) is 2.79. The molecule has 35 heavy (non-hydrogen) atoms. The van der Waals surface area contributed by atoms with Crippen LogP contribution in [0.2, 0.25) is 0 Å². The maximum atomic E-state index is 14.5. The number of halogens is 6. The number of alkyl halides is 6. The number of carbonyl (C=O) groups is 1. The minimum Gasteiger partial charge on any atom is -0.375 e. The monoisotopic (exact) mass is 534 g/mol. The Labute approximate surface area is 201 Å². The third-order valence-corrected chi connectivity index (χ3v) is 10.4. The molecule has 4 aliphatic rings. The summed E-state index contributed by atoms with van der Waals surface area (Å²) >= 11 is 0. The first-order valence-electron chi connectivity index (χ1n) is 12.3. The number of fused-ring (bicyclic) bond motifs is 1. The van der Waals surface area contributed by atoms with E-state index in [4.69, 9.17) is 4.74 Å². The lowest BCUT2D eigenvalue weighted by Gasteiger charge is -2.47. The molecule has 1 amide bonds. The van der Waals surface area contributed by atoms with Crippen LogP contribution in [0, 0.1) is 11.8 Å². The molecule has 1 N–H and O–H groups in total. The quantitative estimate of drug-likeness (QED) is 0.560. The molecule has 6 nitrogen and oxygen atoms in total. The van der Waals surface area contributed by atoms with E-state index in [2.05, 4.69) is 5.32 Å². The number of nitrogens with one attached hydrogen (secondary N) is 1. The van der Waals surface area contributed by atoms with Gasteiger partial charge in [0.2, 0.25) is 15.9 Å². The summed E-state index contributed by atoms with van der Waals surface area (Å²) in [6.45, 7) is 0.149. The lowest BCUT2D eigenvalue weighted by atomic mass is 9.76. The number of hydrogen-bond acceptors (Lipinski definition) is 4. The number of rotatable bonds is 4. The molecule has 0 aromatic heterocycles. The molecule has 9 atom stereocenters. The second-order valence-electron chi connectivity index (χ2n) is 10.2. The van der Waals surface area contributed by atoms with Crippen molar-refractivity contribution < 1.29 is 44.3 Å². The van der Waals surface area contributed by atoms with Crippen molar-refractivity contribution in [2.24, 2.45) is 11.8 Å². The van der Waals surface area contributed by atoms with Crippen LogP contribution in [0.4, 0.5) is 26.3 Å². The number of ether oxygens (including phenoxy) is 1. The lowest BCUT2D eigenvalue weighted by molar-refractivity contribution is -0.205. The highest BCUT2D eigenvalue weighted by atomic mass is 32.2. The Morgan fingerprint density at radius 1 is 0.914 bits per heavy atom. The molecule has 3 aliphatic carbocycles. The van der Waals surface area contributed by atoms with Crippen LogP contribution in [-0.2, 0) is 19.6 Å². The van der Waals surface area contributed by atoms with Crippen molar-refractivity contribution in [2.75, 3.05) is 13.2 Å². The summed E-state index contributed by atoms with van der Waals surface area (Å²) in [6.07, 6.45) is -10.8. The van der Waals surface area contributed by atoms with Gasteiger partial charge < -0.3 is 10.1 Å². The van der Waals surface area contributed by atoms with Crippen LogP contribution >= 0.6 is 0 Å². The standard InChI is InChI=1S/C22H32F6N2O4S/c23-15-6-5-13(11-17(15)25)35(32,33)30-8-9-34-19-7-4-12(10-18(19)30)29-21(31)20-14(22(26,27)28)2-1-3-16(20)24/h12-20H,1-11H2,(H,29,31). The van der Waals surface area contributed by atoms with Gasteiger partial charge in [0.15, 0.2) is 0 Å². The van der Waals surface area contributed by atoms with E-state index >= 15 is 0 Å². The molecule has 3 saturated carbocycles. The second kappa shape index (κ2) is 10.4. The molecule has 0 bridgehead atoms. The van der Waals surface area contributed by atoms with E-state index in [-0.39, 0.29) is 51.7 Å². The van der Waals surface area contributed by atoms with Gasteiger partial charge in [0.1, 0.15) is 18.5 Å². The van der Waals surface area contributed by atoms with Crippen LogP contribution < -0.4 is 5.32 Å². The highest BCUT2D eigenvalue weighted by Crippen LogP contribution is 2.43. The molecular formula is C22H32F6N2O4S. The number of sulfonamides is 1. The Hall–Kier alpha value is -1.08. The van der Waals surface area contributed by atoms with Crippen LogP contribution in [-0.4, -0.2) is 79.9 Å². The van der Waals surface area contributed by atoms with E-state index in [0.717, 1.165) is 0 Å². The van der Waals surface area contributed by atoms with Gasteiger partial charge in [-0.15, -0.1) is 0 Å². The Morgan fingerprint density at radius 3 is 2.34 bits per heavy atom. The first-order chi connectivity index (χ1) is 16.4. The summed E-state index contributed by atoms with van der Waals surface area (Å²) in [5.41, 5.74) is 0. The fraction of sp³-hybridized carbons (Fsp3) is 0.955. The van der Waals surface area contributed by atoms with Crippen LogP contribution in [0.1, 0.15) is 57.8 Å². The second-order valence-corrected chi connectivity index (χ2v) is 12.4. The molecule has 0 aromatic rings. The van der Waals surface area contributed by atoms with Crippen molar-refractivity contribution in [3.8, 4) is 0 Å². The average molecular weight is 535 g/mol. The van der Waals surface area contributed by atoms with Crippen molar-refractivity contribution >= 4 is 15.9 Å². The molecule has 9 unspecified atom stereocenters. The van der Waals surface area contributed by atoms with E-state index in [1.165, 1.54) is 4.31 Å². The molecule has 1 saturated heterocycles. The lowest BCUT2D eigenvalue weighted by Crippen LogP contribution is -2.61. The van der Waals surface area contributed by atoms with Gasteiger partial charge in [-0.3, -0.25) is 4.79 Å². The molecule has 202 valence electrons. The fourth-order valence-corrected chi connectivity index (χ4v) is 8.36. The van der Waals surface area contributed by atoms with Crippen LogP contribution in [0.5, 0.6) is 0 Å². The predicted molar refractivity (Wildman–Crippen MR) is 114 cm³/mol. The van der Waals surface area contributed by atoms with E-state index in [1.54, 1.807) is 0 Å². The van der Waals surface area contributed by atoms with Crippen molar-refractivity contribution in [1.29, 1.82) is 0 Å². The molecule has 4 rings (SSSR count). The van der Waals surface area contributed by atoms with Gasteiger partial charge in [-0.25, -0.2) is 21.6 Å². The molecule has 13 heteroatoms. The first-order valence-corrected chi connectivity index (χ1v) is 13.8. The first kappa shape index (κ1) is 27.0. The van der Waals surface area contributed by atoms with Gasteiger partial charge >= 0.3 is 6.18 Å². The van der Waals surface area contributed by atoms with Crippen molar-refractivity contribution in [3.63, 3.8) is 0 Å². The zero-order chi connectivity index (χ0) is 25.5. The Balaban J connectivity index is 1.46. The number of carbonyl (C=O) groups excluding carboxylic acids is 1. The van der Waals surface area contributed by atoms with Crippen molar-refractivity contribution in [2.45, 2.75) is 106 Å². The van der Waals surface area contributed by atoms with Gasteiger partial charge in [0.05, 0.1) is 35.8 Å². The third kappa shape index (κ3) is 5.61. The zero-order valence-corrected chi connectivity index (χ0v) is 20.0. The Kier molecular flexibility index (Phi) is 7.98. The van der Waals surface area contributed by atoms with Crippen LogP contribution in [0.3, 0.4) is 0 Å². The smallest absolute Gasteiger partial charge is 0.375 e. The molecule has 0 aromatic carbocycles. The van der Waals surface area contributed by atoms with E-state index in [1.807, 2.05) is 0 Å². The fourth-order valence-electron chi connectivity index (χ4n) is 6.18. The van der Waals surface area contributed by atoms with Crippen LogP contribution in [0.15, 0.2) is 0 Å². The number of nitrogens with zero attached hydrogens (tertiary/aromatic N) is 1. The van der Waals surface area contributed by atoms with Gasteiger partial charge in [0.25, 0.3) is 0 Å². The summed E-state index contributed by atoms with van der Waals surface area (Å²) < 4.78 is 116. The molecule has 1 heterocycles. The largest absolute Gasteiger partial charge is 0.392 e. The predicted octanol–water partition coefficient (Wildman–Crippen LogP) is 3.60. The van der Waals surface area contributed by atoms with Crippen molar-refractivity contribution in [3.05, 3.63) is 0 Å². The van der Waals surface area contributed by atoms with Gasteiger partial charge in [-0.05, 0) is 57.8 Å². The van der Waals surface area contributed by atoms with Gasteiger partial charge in [0, 0.05) is 12.6 Å². The minimum absolute atomic E-state index is 0.00275. The normalized spacial score (nSPS) is 41.7. The molecule has 1 aliphatic heterocycles. The van der Waals surface area contributed by atoms with E-state index in [9.17, 15) is 39.6 Å². The summed E-state index contributed by atoms with van der Waals surface area (Å²) in [7, 11) is -4.00. The van der Waals surface area contributed by atoms with Gasteiger partial charge in [-0.2, -0.15) is 17.5 Å². The summed E-state index contributed by atoms with van der Waals surface area (Å²) in [4.78, 5) is 12.8. The number of hydrogen-bond donors (Lipinski definition) is 1. The van der Waals surface area contributed by atoms with Gasteiger partial charge in [-0.1, -0.05) is 0 Å². The Morgan fingerprint density at radius 2 is 1.66 bits per heavy atom. The van der Waals surface area contributed by atoms with Crippen molar-refractivity contribution in [1.82, 2.24) is 9.62 Å². The zero-order valence-electron chi connectivity index (χ0n) is 19.2. The van der Waals surface area contributed by atoms with E-state index in [0.29, 0.717) is 12.8 Å². The summed E-state index contributed by atoms with van der Waals surface area (Å²) in [5, 5.41) is 1.48.